The van der Waals surface area contributed by atoms with Crippen LogP contribution in [-0.4, -0.2) is 24.3 Å². The maximum absolute atomic E-state index is 9.22. The number of halogens is 1. The van der Waals surface area contributed by atoms with Gasteiger partial charge in [0.05, 0.1) is 18.2 Å². The molecule has 3 nitrogen and oxygen atoms in total. The second-order valence-electron chi connectivity index (χ2n) is 4.20. The highest BCUT2D eigenvalue weighted by atomic mass is 79.9. The zero-order chi connectivity index (χ0) is 13.5. The highest BCUT2D eigenvalue weighted by Gasteiger charge is 2.16. The van der Waals surface area contributed by atoms with Crippen LogP contribution in [0.25, 0.3) is 0 Å². The highest BCUT2D eigenvalue weighted by molar-refractivity contribution is 9.10. The molecule has 1 rings (SSSR count). The van der Waals surface area contributed by atoms with Gasteiger partial charge in [-0.3, -0.25) is 0 Å². The van der Waals surface area contributed by atoms with Crippen LogP contribution >= 0.6 is 15.9 Å². The summed E-state index contributed by atoms with van der Waals surface area (Å²) >= 11 is 3.43. The minimum Gasteiger partial charge on any atom is -0.395 e. The van der Waals surface area contributed by atoms with E-state index in [9.17, 15) is 5.11 Å². The van der Waals surface area contributed by atoms with Crippen molar-refractivity contribution in [3.05, 3.63) is 28.2 Å². The number of hydrogen-bond donors (Lipinski definition) is 1. The monoisotopic (exact) mass is 310 g/mol. The van der Waals surface area contributed by atoms with E-state index in [1.807, 2.05) is 12.1 Å². The van der Waals surface area contributed by atoms with Crippen molar-refractivity contribution in [3.8, 4) is 6.07 Å². The van der Waals surface area contributed by atoms with Gasteiger partial charge in [-0.15, -0.1) is 0 Å². The fourth-order valence-electron chi connectivity index (χ4n) is 2.16. The van der Waals surface area contributed by atoms with Crippen molar-refractivity contribution in [2.24, 2.45) is 0 Å². The normalized spacial score (nSPS) is 10.4. The lowest BCUT2D eigenvalue weighted by molar-refractivity contribution is 0.296. The molecule has 0 aliphatic heterocycles. The summed E-state index contributed by atoms with van der Waals surface area (Å²) in [5.41, 5.74) is 1.62. The summed E-state index contributed by atoms with van der Waals surface area (Å²) in [7, 11) is 0. The van der Waals surface area contributed by atoms with Gasteiger partial charge in [-0.1, -0.05) is 29.8 Å². The van der Waals surface area contributed by atoms with Crippen LogP contribution < -0.4 is 4.90 Å². The summed E-state index contributed by atoms with van der Waals surface area (Å²) in [4.78, 5) is 2.17. The van der Waals surface area contributed by atoms with Crippen LogP contribution in [0.1, 0.15) is 32.3 Å². The average Bonchev–Trinajstić information content (AvgIpc) is 2.38. The first-order chi connectivity index (χ1) is 8.65. The maximum atomic E-state index is 9.22. The van der Waals surface area contributed by atoms with Crippen LogP contribution in [0.2, 0.25) is 0 Å². The van der Waals surface area contributed by atoms with Gasteiger partial charge in [0, 0.05) is 22.7 Å². The SMILES string of the molecule is CCC(CC)N(CCO)c1cc(Br)cc(C#N)c1. The minimum absolute atomic E-state index is 0.116. The molecule has 0 amide bonds. The zero-order valence-corrected chi connectivity index (χ0v) is 12.4. The molecule has 1 aromatic rings. The molecule has 0 aliphatic carbocycles. The lowest BCUT2D eigenvalue weighted by atomic mass is 10.1. The molecular weight excluding hydrogens is 292 g/mol. The molecule has 0 aromatic heterocycles. The van der Waals surface area contributed by atoms with E-state index < -0.39 is 0 Å². The first-order valence-corrected chi connectivity index (χ1v) is 7.03. The molecule has 1 aromatic carbocycles. The first kappa shape index (κ1) is 15.0. The molecule has 0 unspecified atom stereocenters. The zero-order valence-electron chi connectivity index (χ0n) is 10.9. The van der Waals surface area contributed by atoms with E-state index in [1.165, 1.54) is 0 Å². The molecule has 0 atom stereocenters. The molecular formula is C14H19BrN2O. The molecule has 0 spiro atoms. The number of aliphatic hydroxyl groups excluding tert-OH is 1. The van der Waals surface area contributed by atoms with E-state index in [0.29, 0.717) is 18.2 Å². The Hall–Kier alpha value is -1.05. The van der Waals surface area contributed by atoms with Gasteiger partial charge in [0.25, 0.3) is 0 Å². The van der Waals surface area contributed by atoms with Gasteiger partial charge in [0.1, 0.15) is 0 Å². The van der Waals surface area contributed by atoms with Crippen LogP contribution in [0, 0.1) is 11.3 Å². The average molecular weight is 311 g/mol. The summed E-state index contributed by atoms with van der Waals surface area (Å²) in [5.74, 6) is 0. The van der Waals surface area contributed by atoms with Crippen molar-refractivity contribution >= 4 is 21.6 Å². The third kappa shape index (κ3) is 3.72. The Kier molecular flexibility index (Phi) is 6.17. The summed E-state index contributed by atoms with van der Waals surface area (Å²) in [6.45, 7) is 4.99. The van der Waals surface area contributed by atoms with Crippen molar-refractivity contribution in [1.82, 2.24) is 0 Å². The third-order valence-electron chi connectivity index (χ3n) is 3.07. The second kappa shape index (κ2) is 7.40. The van der Waals surface area contributed by atoms with Crippen LogP contribution in [0.15, 0.2) is 22.7 Å². The number of nitriles is 1. The Morgan fingerprint density at radius 2 is 2.00 bits per heavy atom. The van der Waals surface area contributed by atoms with E-state index in [4.69, 9.17) is 5.26 Å². The van der Waals surface area contributed by atoms with E-state index in [-0.39, 0.29) is 6.61 Å². The number of nitrogens with zero attached hydrogens (tertiary/aromatic N) is 2. The van der Waals surface area contributed by atoms with Crippen LogP contribution in [-0.2, 0) is 0 Å². The quantitative estimate of drug-likeness (QED) is 0.877. The first-order valence-electron chi connectivity index (χ1n) is 6.24. The van der Waals surface area contributed by atoms with Gasteiger partial charge in [-0.05, 0) is 31.0 Å². The van der Waals surface area contributed by atoms with Gasteiger partial charge in [-0.25, -0.2) is 0 Å². The highest BCUT2D eigenvalue weighted by Crippen LogP contribution is 2.25. The number of hydrogen-bond acceptors (Lipinski definition) is 3. The van der Waals surface area contributed by atoms with Crippen LogP contribution in [0.5, 0.6) is 0 Å². The van der Waals surface area contributed by atoms with Gasteiger partial charge < -0.3 is 10.0 Å². The Balaban J connectivity index is 3.12. The summed E-state index contributed by atoms with van der Waals surface area (Å²) in [6, 6.07) is 8.22. The predicted octanol–water partition coefficient (Wildman–Crippen LogP) is 3.31. The van der Waals surface area contributed by atoms with Crippen molar-refractivity contribution < 1.29 is 5.11 Å². The Morgan fingerprint density at radius 1 is 1.33 bits per heavy atom. The molecule has 18 heavy (non-hydrogen) atoms. The molecule has 0 saturated carbocycles. The summed E-state index contributed by atoms with van der Waals surface area (Å²) in [5, 5.41) is 18.2. The number of aliphatic hydroxyl groups is 1. The molecule has 0 saturated heterocycles. The molecule has 0 fully saturated rings. The fraction of sp³-hybridized carbons (Fsp3) is 0.500. The Bertz CT molecular complexity index is 424. The van der Waals surface area contributed by atoms with Crippen molar-refractivity contribution in [2.45, 2.75) is 32.7 Å². The van der Waals surface area contributed by atoms with E-state index in [0.717, 1.165) is 23.0 Å². The number of rotatable bonds is 6. The smallest absolute Gasteiger partial charge is 0.0992 e. The largest absolute Gasteiger partial charge is 0.395 e. The lowest BCUT2D eigenvalue weighted by Gasteiger charge is -2.32. The standard InChI is InChI=1S/C14H19BrN2O/c1-3-13(4-2)17(5-6-18)14-8-11(10-16)7-12(15)9-14/h7-9,13,18H,3-6H2,1-2H3. The van der Waals surface area contributed by atoms with Crippen molar-refractivity contribution in [3.63, 3.8) is 0 Å². The molecule has 0 heterocycles. The van der Waals surface area contributed by atoms with Gasteiger partial charge in [0.2, 0.25) is 0 Å². The summed E-state index contributed by atoms with van der Waals surface area (Å²) in [6.07, 6.45) is 2.04. The van der Waals surface area contributed by atoms with E-state index in [1.54, 1.807) is 6.07 Å². The van der Waals surface area contributed by atoms with Gasteiger partial charge in [0.15, 0.2) is 0 Å². The molecule has 4 heteroatoms. The lowest BCUT2D eigenvalue weighted by Crippen LogP contribution is -2.36. The molecule has 0 bridgehead atoms. The van der Waals surface area contributed by atoms with E-state index in [2.05, 4.69) is 40.7 Å². The molecule has 0 radical (unpaired) electrons. The predicted molar refractivity (Wildman–Crippen MR) is 77.7 cm³/mol. The number of benzene rings is 1. The molecule has 98 valence electrons. The Morgan fingerprint density at radius 3 is 2.50 bits per heavy atom. The van der Waals surface area contributed by atoms with Crippen LogP contribution in [0.3, 0.4) is 0 Å². The van der Waals surface area contributed by atoms with E-state index >= 15 is 0 Å². The second-order valence-corrected chi connectivity index (χ2v) is 5.11. The van der Waals surface area contributed by atoms with Gasteiger partial charge >= 0.3 is 0 Å². The molecule has 0 aliphatic rings. The van der Waals surface area contributed by atoms with Crippen molar-refractivity contribution in [1.29, 1.82) is 5.26 Å². The van der Waals surface area contributed by atoms with Crippen molar-refractivity contribution in [2.75, 3.05) is 18.1 Å². The maximum Gasteiger partial charge on any atom is 0.0992 e. The Labute approximate surface area is 117 Å². The topological polar surface area (TPSA) is 47.3 Å². The van der Waals surface area contributed by atoms with Gasteiger partial charge in [-0.2, -0.15) is 5.26 Å². The number of anilines is 1. The fourth-order valence-corrected chi connectivity index (χ4v) is 2.65. The van der Waals surface area contributed by atoms with Crippen LogP contribution in [0.4, 0.5) is 5.69 Å². The third-order valence-corrected chi connectivity index (χ3v) is 3.53. The molecule has 1 N–H and O–H groups in total. The summed E-state index contributed by atoms with van der Waals surface area (Å²) < 4.78 is 0.894. The minimum atomic E-state index is 0.116.